The third kappa shape index (κ3) is 3.05. The fourth-order valence-corrected chi connectivity index (χ4v) is 1.99. The Balaban J connectivity index is 1.81. The number of ether oxygens (including phenoxy) is 1. The molecule has 2 aromatic heterocycles. The van der Waals surface area contributed by atoms with E-state index in [-0.39, 0.29) is 6.61 Å². The molecular weight excluding hydrogens is 222 g/mol. The van der Waals surface area contributed by atoms with E-state index >= 15 is 0 Å². The Morgan fingerprint density at radius 2 is 2.25 bits per heavy atom. The van der Waals surface area contributed by atoms with E-state index in [1.807, 2.05) is 12.1 Å². The zero-order valence-corrected chi connectivity index (χ0v) is 9.61. The van der Waals surface area contributed by atoms with Gasteiger partial charge in [-0.15, -0.1) is 11.3 Å². The van der Waals surface area contributed by atoms with Gasteiger partial charge in [-0.3, -0.25) is 0 Å². The van der Waals surface area contributed by atoms with Crippen LogP contribution >= 0.6 is 11.3 Å². The summed E-state index contributed by atoms with van der Waals surface area (Å²) in [6.45, 7) is 0.647. The molecule has 0 saturated carbocycles. The molecule has 0 fully saturated rings. The standard InChI is InChI=1S/C12H13NO2S/c14-9-10-3-4-12(13-8-10)15-6-5-11-2-1-7-16-11/h1-4,7-8,14H,5-6,9H2. The number of hydrogen-bond acceptors (Lipinski definition) is 4. The van der Waals surface area contributed by atoms with Crippen LogP contribution in [0.4, 0.5) is 0 Å². The molecule has 3 nitrogen and oxygen atoms in total. The molecule has 2 aromatic rings. The maximum Gasteiger partial charge on any atom is 0.213 e. The summed E-state index contributed by atoms with van der Waals surface area (Å²) in [5, 5.41) is 10.9. The minimum absolute atomic E-state index is 0.0163. The molecule has 0 saturated heterocycles. The van der Waals surface area contributed by atoms with Crippen LogP contribution in [0.25, 0.3) is 0 Å². The maximum atomic E-state index is 8.85. The van der Waals surface area contributed by atoms with Gasteiger partial charge < -0.3 is 9.84 Å². The van der Waals surface area contributed by atoms with Crippen LogP contribution < -0.4 is 4.74 Å². The molecule has 0 unspecified atom stereocenters. The molecule has 0 atom stereocenters. The van der Waals surface area contributed by atoms with Crippen LogP contribution in [0.5, 0.6) is 5.88 Å². The molecule has 0 aromatic carbocycles. The second-order valence-corrected chi connectivity index (χ2v) is 4.37. The Morgan fingerprint density at radius 1 is 1.31 bits per heavy atom. The quantitative estimate of drug-likeness (QED) is 0.864. The van der Waals surface area contributed by atoms with Gasteiger partial charge in [-0.25, -0.2) is 4.98 Å². The lowest BCUT2D eigenvalue weighted by Gasteiger charge is -2.04. The Hall–Kier alpha value is -1.39. The molecule has 0 amide bonds. The van der Waals surface area contributed by atoms with Crippen molar-refractivity contribution in [3.63, 3.8) is 0 Å². The summed E-state index contributed by atoms with van der Waals surface area (Å²) in [6.07, 6.45) is 2.53. The van der Waals surface area contributed by atoms with E-state index in [0.29, 0.717) is 12.5 Å². The van der Waals surface area contributed by atoms with Crippen molar-refractivity contribution in [2.24, 2.45) is 0 Å². The first kappa shape index (κ1) is 11.1. The van der Waals surface area contributed by atoms with E-state index < -0.39 is 0 Å². The van der Waals surface area contributed by atoms with Gasteiger partial charge in [-0.1, -0.05) is 6.07 Å². The highest BCUT2D eigenvalue weighted by molar-refractivity contribution is 7.09. The molecule has 16 heavy (non-hydrogen) atoms. The minimum atomic E-state index is 0.0163. The molecule has 0 aliphatic heterocycles. The van der Waals surface area contributed by atoms with Gasteiger partial charge in [0.1, 0.15) is 0 Å². The fourth-order valence-electron chi connectivity index (χ4n) is 1.30. The van der Waals surface area contributed by atoms with Crippen LogP contribution in [0.3, 0.4) is 0 Å². The van der Waals surface area contributed by atoms with E-state index in [0.717, 1.165) is 12.0 Å². The van der Waals surface area contributed by atoms with E-state index in [4.69, 9.17) is 9.84 Å². The van der Waals surface area contributed by atoms with Crippen molar-refractivity contribution in [3.8, 4) is 5.88 Å². The summed E-state index contributed by atoms with van der Waals surface area (Å²) >= 11 is 1.73. The van der Waals surface area contributed by atoms with Gasteiger partial charge in [-0.05, 0) is 23.1 Å². The maximum absolute atomic E-state index is 8.85. The van der Waals surface area contributed by atoms with Gasteiger partial charge in [0.25, 0.3) is 0 Å². The first-order chi connectivity index (χ1) is 7.88. The van der Waals surface area contributed by atoms with Crippen LogP contribution in [-0.2, 0) is 13.0 Å². The lowest BCUT2D eigenvalue weighted by Crippen LogP contribution is -2.01. The number of aliphatic hydroxyl groups is 1. The van der Waals surface area contributed by atoms with E-state index in [9.17, 15) is 0 Å². The molecule has 0 aliphatic carbocycles. The van der Waals surface area contributed by atoms with Crippen molar-refractivity contribution < 1.29 is 9.84 Å². The Labute approximate surface area is 98.4 Å². The highest BCUT2D eigenvalue weighted by atomic mass is 32.1. The summed E-state index contributed by atoms with van der Waals surface area (Å²) in [5.74, 6) is 0.605. The van der Waals surface area contributed by atoms with Gasteiger partial charge >= 0.3 is 0 Å². The zero-order valence-electron chi connectivity index (χ0n) is 8.80. The van der Waals surface area contributed by atoms with Crippen molar-refractivity contribution in [2.45, 2.75) is 13.0 Å². The number of hydrogen-bond donors (Lipinski definition) is 1. The molecule has 1 N–H and O–H groups in total. The topological polar surface area (TPSA) is 42.4 Å². The van der Waals surface area contributed by atoms with Crippen molar-refractivity contribution in [3.05, 3.63) is 46.3 Å². The number of nitrogens with zero attached hydrogens (tertiary/aromatic N) is 1. The van der Waals surface area contributed by atoms with Crippen molar-refractivity contribution in [1.82, 2.24) is 4.98 Å². The molecule has 4 heteroatoms. The highest BCUT2D eigenvalue weighted by Crippen LogP contribution is 2.11. The monoisotopic (exact) mass is 235 g/mol. The molecule has 84 valence electrons. The van der Waals surface area contributed by atoms with Gasteiger partial charge in [0, 0.05) is 23.6 Å². The molecule has 0 radical (unpaired) electrons. The molecule has 2 rings (SSSR count). The summed E-state index contributed by atoms with van der Waals surface area (Å²) in [7, 11) is 0. The number of aliphatic hydroxyl groups excluding tert-OH is 1. The SMILES string of the molecule is OCc1ccc(OCCc2cccs2)nc1. The van der Waals surface area contributed by atoms with Crippen LogP contribution in [-0.4, -0.2) is 16.7 Å². The normalized spacial score (nSPS) is 10.3. The second kappa shape index (κ2) is 5.63. The first-order valence-electron chi connectivity index (χ1n) is 5.09. The van der Waals surface area contributed by atoms with Gasteiger partial charge in [0.15, 0.2) is 0 Å². The van der Waals surface area contributed by atoms with Crippen LogP contribution in [0.15, 0.2) is 35.8 Å². The highest BCUT2D eigenvalue weighted by Gasteiger charge is 1.97. The molecule has 0 spiro atoms. The van der Waals surface area contributed by atoms with Crippen molar-refractivity contribution >= 4 is 11.3 Å². The predicted molar refractivity (Wildman–Crippen MR) is 63.7 cm³/mol. The summed E-state index contributed by atoms with van der Waals surface area (Å²) in [4.78, 5) is 5.40. The van der Waals surface area contributed by atoms with E-state index in [2.05, 4.69) is 16.4 Å². The zero-order chi connectivity index (χ0) is 11.2. The van der Waals surface area contributed by atoms with E-state index in [1.54, 1.807) is 23.6 Å². The van der Waals surface area contributed by atoms with E-state index in [1.165, 1.54) is 4.88 Å². The number of thiophene rings is 1. The summed E-state index contributed by atoms with van der Waals surface area (Å²) in [5.41, 5.74) is 0.797. The van der Waals surface area contributed by atoms with Crippen LogP contribution in [0, 0.1) is 0 Å². The van der Waals surface area contributed by atoms with Gasteiger partial charge in [0.2, 0.25) is 5.88 Å². The number of rotatable bonds is 5. The van der Waals surface area contributed by atoms with Crippen molar-refractivity contribution in [1.29, 1.82) is 0 Å². The fraction of sp³-hybridized carbons (Fsp3) is 0.250. The first-order valence-corrected chi connectivity index (χ1v) is 5.97. The molecular formula is C12H13NO2S. The summed E-state index contributed by atoms with van der Waals surface area (Å²) in [6, 6.07) is 7.72. The third-order valence-electron chi connectivity index (χ3n) is 2.16. The number of pyridine rings is 1. The second-order valence-electron chi connectivity index (χ2n) is 3.34. The Kier molecular flexibility index (Phi) is 3.91. The third-order valence-corrected chi connectivity index (χ3v) is 3.09. The number of aromatic nitrogens is 1. The molecule has 2 heterocycles. The minimum Gasteiger partial charge on any atom is -0.477 e. The molecule has 0 bridgehead atoms. The Bertz CT molecular complexity index is 411. The average Bonchev–Trinajstić information content (AvgIpc) is 2.83. The lowest BCUT2D eigenvalue weighted by atomic mass is 10.3. The predicted octanol–water partition coefficient (Wildman–Crippen LogP) is 2.26. The lowest BCUT2D eigenvalue weighted by molar-refractivity contribution is 0.279. The van der Waals surface area contributed by atoms with Crippen molar-refractivity contribution in [2.75, 3.05) is 6.61 Å². The van der Waals surface area contributed by atoms with Crippen LogP contribution in [0.1, 0.15) is 10.4 Å². The average molecular weight is 235 g/mol. The molecule has 0 aliphatic rings. The summed E-state index contributed by atoms with van der Waals surface area (Å²) < 4.78 is 5.49. The largest absolute Gasteiger partial charge is 0.477 e. The smallest absolute Gasteiger partial charge is 0.213 e. The Morgan fingerprint density at radius 3 is 2.88 bits per heavy atom. The van der Waals surface area contributed by atoms with Gasteiger partial charge in [-0.2, -0.15) is 0 Å². The van der Waals surface area contributed by atoms with Gasteiger partial charge in [0.05, 0.1) is 13.2 Å². The van der Waals surface area contributed by atoms with Crippen LogP contribution in [0.2, 0.25) is 0 Å².